The van der Waals surface area contributed by atoms with E-state index in [0.717, 1.165) is 47.7 Å². The summed E-state index contributed by atoms with van der Waals surface area (Å²) >= 11 is 0. The van der Waals surface area contributed by atoms with Gasteiger partial charge < -0.3 is 9.47 Å². The molecule has 0 saturated heterocycles. The molecule has 2 heterocycles. The SMILES string of the molecule is COc1ccc(/C=C2\CCCN=C2c2ccc[n+](C)c2)c(OC)c1. The van der Waals surface area contributed by atoms with Gasteiger partial charge in [-0.2, -0.15) is 0 Å². The van der Waals surface area contributed by atoms with Crippen LogP contribution in [-0.2, 0) is 7.05 Å². The number of methoxy groups -OCH3 is 2. The second-order valence-corrected chi connectivity index (χ2v) is 5.87. The van der Waals surface area contributed by atoms with E-state index in [4.69, 9.17) is 14.5 Å². The largest absolute Gasteiger partial charge is 0.497 e. The standard InChI is InChI=1S/C20H23N2O2/c1-22-11-5-7-17(14-22)20-16(6-4-10-21-20)12-15-8-9-18(23-2)13-19(15)24-3/h5,7-9,11-14H,4,6,10H2,1-3H3/q+1/b16-12+. The Bertz CT molecular complexity index is 794. The van der Waals surface area contributed by atoms with Gasteiger partial charge in [0.1, 0.15) is 18.5 Å². The predicted molar refractivity (Wildman–Crippen MR) is 95.8 cm³/mol. The van der Waals surface area contributed by atoms with Crippen molar-refractivity contribution in [3.8, 4) is 11.5 Å². The normalized spacial score (nSPS) is 16.0. The van der Waals surface area contributed by atoms with Gasteiger partial charge in [0, 0.05) is 24.2 Å². The number of aliphatic imine (C=N–C) groups is 1. The third-order valence-electron chi connectivity index (χ3n) is 4.16. The van der Waals surface area contributed by atoms with Crippen LogP contribution in [0.2, 0.25) is 0 Å². The number of benzene rings is 1. The van der Waals surface area contributed by atoms with Gasteiger partial charge in [-0.05, 0) is 42.7 Å². The van der Waals surface area contributed by atoms with Crippen LogP contribution in [0.25, 0.3) is 6.08 Å². The van der Waals surface area contributed by atoms with E-state index < -0.39 is 0 Å². The van der Waals surface area contributed by atoms with E-state index in [9.17, 15) is 0 Å². The Kier molecular flexibility index (Phi) is 4.94. The zero-order valence-electron chi connectivity index (χ0n) is 14.5. The third-order valence-corrected chi connectivity index (χ3v) is 4.16. The van der Waals surface area contributed by atoms with Gasteiger partial charge in [-0.3, -0.25) is 4.99 Å². The zero-order chi connectivity index (χ0) is 16.9. The molecule has 2 aromatic rings. The lowest BCUT2D eigenvalue weighted by molar-refractivity contribution is -0.671. The molecule has 0 unspecified atom stereocenters. The molecule has 0 radical (unpaired) electrons. The van der Waals surface area contributed by atoms with Crippen molar-refractivity contribution in [3.05, 3.63) is 59.4 Å². The van der Waals surface area contributed by atoms with Crippen molar-refractivity contribution in [2.75, 3.05) is 20.8 Å². The van der Waals surface area contributed by atoms with E-state index in [1.165, 1.54) is 5.57 Å². The van der Waals surface area contributed by atoms with Crippen molar-refractivity contribution < 1.29 is 14.0 Å². The number of aryl methyl sites for hydroxylation is 1. The number of nitrogens with zero attached hydrogens (tertiary/aromatic N) is 2. The first-order valence-electron chi connectivity index (χ1n) is 8.14. The smallest absolute Gasteiger partial charge is 0.177 e. The highest BCUT2D eigenvalue weighted by Crippen LogP contribution is 2.29. The maximum atomic E-state index is 5.52. The number of hydrogen-bond donors (Lipinski definition) is 0. The molecule has 0 saturated carbocycles. The molecule has 0 N–H and O–H groups in total. The van der Waals surface area contributed by atoms with Gasteiger partial charge in [0.25, 0.3) is 0 Å². The van der Waals surface area contributed by atoms with Gasteiger partial charge in [-0.25, -0.2) is 4.57 Å². The molecule has 1 aliphatic heterocycles. The molecule has 124 valence electrons. The minimum atomic E-state index is 0.793. The van der Waals surface area contributed by atoms with E-state index in [1.54, 1.807) is 14.2 Å². The minimum Gasteiger partial charge on any atom is -0.497 e. The quantitative estimate of drug-likeness (QED) is 0.810. The van der Waals surface area contributed by atoms with Crippen LogP contribution in [0.4, 0.5) is 0 Å². The summed E-state index contributed by atoms with van der Waals surface area (Å²) < 4.78 is 12.9. The van der Waals surface area contributed by atoms with E-state index in [1.807, 2.05) is 31.4 Å². The van der Waals surface area contributed by atoms with Crippen LogP contribution >= 0.6 is 0 Å². The molecule has 1 aromatic carbocycles. The van der Waals surface area contributed by atoms with Crippen molar-refractivity contribution in [2.24, 2.45) is 12.0 Å². The number of allylic oxidation sites excluding steroid dienone is 1. The van der Waals surface area contributed by atoms with Gasteiger partial charge >= 0.3 is 0 Å². The lowest BCUT2D eigenvalue weighted by Crippen LogP contribution is -2.28. The maximum Gasteiger partial charge on any atom is 0.177 e. The summed E-state index contributed by atoms with van der Waals surface area (Å²) in [5, 5.41) is 0. The Morgan fingerprint density at radius 2 is 2.04 bits per heavy atom. The summed E-state index contributed by atoms with van der Waals surface area (Å²) in [6.45, 7) is 0.880. The Morgan fingerprint density at radius 3 is 2.79 bits per heavy atom. The van der Waals surface area contributed by atoms with Crippen LogP contribution in [0.5, 0.6) is 11.5 Å². The van der Waals surface area contributed by atoms with Crippen molar-refractivity contribution in [1.82, 2.24) is 0 Å². The topological polar surface area (TPSA) is 34.7 Å². The Hall–Kier alpha value is -2.62. The molecule has 0 aliphatic carbocycles. The van der Waals surface area contributed by atoms with Crippen LogP contribution in [0, 0.1) is 0 Å². The lowest BCUT2D eigenvalue weighted by atomic mass is 9.94. The first-order valence-corrected chi connectivity index (χ1v) is 8.14. The molecule has 0 fully saturated rings. The van der Waals surface area contributed by atoms with E-state index in [0.29, 0.717) is 0 Å². The molecule has 0 atom stereocenters. The molecular weight excluding hydrogens is 300 g/mol. The number of hydrogen-bond acceptors (Lipinski definition) is 3. The predicted octanol–water partition coefficient (Wildman–Crippen LogP) is 3.19. The van der Waals surface area contributed by atoms with E-state index in [2.05, 4.69) is 29.0 Å². The number of ether oxygens (including phenoxy) is 2. The van der Waals surface area contributed by atoms with Crippen LogP contribution in [0.1, 0.15) is 24.0 Å². The summed E-state index contributed by atoms with van der Waals surface area (Å²) in [5.41, 5.74) is 4.52. The molecule has 3 rings (SSSR count). The monoisotopic (exact) mass is 323 g/mol. The summed E-state index contributed by atoms with van der Waals surface area (Å²) in [6.07, 6.45) is 8.43. The molecule has 0 amide bonds. The molecule has 24 heavy (non-hydrogen) atoms. The summed E-state index contributed by atoms with van der Waals surface area (Å²) in [4.78, 5) is 4.78. The fourth-order valence-corrected chi connectivity index (χ4v) is 2.95. The van der Waals surface area contributed by atoms with E-state index >= 15 is 0 Å². The minimum absolute atomic E-state index is 0.793. The summed E-state index contributed by atoms with van der Waals surface area (Å²) in [5.74, 6) is 1.60. The molecule has 4 heteroatoms. The highest BCUT2D eigenvalue weighted by Gasteiger charge is 2.17. The average Bonchev–Trinajstić information content (AvgIpc) is 2.62. The summed E-state index contributed by atoms with van der Waals surface area (Å²) in [7, 11) is 5.38. The van der Waals surface area contributed by atoms with E-state index in [-0.39, 0.29) is 0 Å². The van der Waals surface area contributed by atoms with Crippen LogP contribution in [0.3, 0.4) is 0 Å². The second kappa shape index (κ2) is 7.30. The summed E-state index contributed by atoms with van der Waals surface area (Å²) in [6, 6.07) is 10.1. The highest BCUT2D eigenvalue weighted by molar-refractivity contribution is 6.15. The fourth-order valence-electron chi connectivity index (χ4n) is 2.95. The van der Waals surface area contributed by atoms with Crippen LogP contribution < -0.4 is 14.0 Å². The fraction of sp³-hybridized carbons (Fsp3) is 0.300. The van der Waals surface area contributed by atoms with Crippen molar-refractivity contribution in [3.63, 3.8) is 0 Å². The maximum absolute atomic E-state index is 5.52. The molecule has 0 spiro atoms. The number of rotatable bonds is 4. The van der Waals surface area contributed by atoms with Crippen molar-refractivity contribution >= 4 is 11.8 Å². The molecule has 0 bridgehead atoms. The Labute approximate surface area is 143 Å². The molecule has 4 nitrogen and oxygen atoms in total. The first-order chi connectivity index (χ1) is 11.7. The highest BCUT2D eigenvalue weighted by atomic mass is 16.5. The third kappa shape index (κ3) is 3.48. The molecule has 1 aromatic heterocycles. The average molecular weight is 323 g/mol. The Balaban J connectivity index is 2.02. The Morgan fingerprint density at radius 1 is 1.17 bits per heavy atom. The van der Waals surface area contributed by atoms with Crippen molar-refractivity contribution in [1.29, 1.82) is 0 Å². The van der Waals surface area contributed by atoms with Gasteiger partial charge in [0.2, 0.25) is 0 Å². The number of pyridine rings is 1. The first kappa shape index (κ1) is 16.2. The van der Waals surface area contributed by atoms with Gasteiger partial charge in [-0.15, -0.1) is 0 Å². The van der Waals surface area contributed by atoms with Gasteiger partial charge in [-0.1, -0.05) is 0 Å². The van der Waals surface area contributed by atoms with Crippen LogP contribution in [0.15, 0.2) is 53.3 Å². The molecular formula is C20H23N2O2+. The zero-order valence-corrected chi connectivity index (χ0v) is 14.5. The number of aromatic nitrogens is 1. The van der Waals surface area contributed by atoms with Crippen LogP contribution in [-0.4, -0.2) is 26.5 Å². The van der Waals surface area contributed by atoms with Gasteiger partial charge in [0.15, 0.2) is 12.4 Å². The molecule has 1 aliphatic rings. The second-order valence-electron chi connectivity index (χ2n) is 5.87. The van der Waals surface area contributed by atoms with Gasteiger partial charge in [0.05, 0.1) is 25.5 Å². The lowest BCUT2D eigenvalue weighted by Gasteiger charge is -2.16. The van der Waals surface area contributed by atoms with Crippen molar-refractivity contribution in [2.45, 2.75) is 12.8 Å².